The van der Waals surface area contributed by atoms with Crippen molar-refractivity contribution in [2.75, 3.05) is 25.5 Å². The number of carbonyl (C=O) groups excluding carboxylic acids is 1. The minimum atomic E-state index is 0.221. The Morgan fingerprint density at radius 1 is 1.47 bits per heavy atom. The average molecular weight is 297 g/mol. The Kier molecular flexibility index (Phi) is 3.87. The molecule has 0 saturated carbocycles. The summed E-state index contributed by atoms with van der Waals surface area (Å²) in [5.41, 5.74) is 0.902. The highest BCUT2D eigenvalue weighted by Crippen LogP contribution is 2.32. The summed E-state index contributed by atoms with van der Waals surface area (Å²) in [7, 11) is 0. The van der Waals surface area contributed by atoms with E-state index < -0.39 is 0 Å². The van der Waals surface area contributed by atoms with Gasteiger partial charge in [0, 0.05) is 40.0 Å². The Morgan fingerprint density at radius 3 is 3.05 bits per heavy atom. The van der Waals surface area contributed by atoms with Crippen LogP contribution in [0.2, 0.25) is 0 Å². The summed E-state index contributed by atoms with van der Waals surface area (Å²) in [5, 5.41) is 0.464. The molecule has 3 heterocycles. The van der Waals surface area contributed by atoms with Crippen LogP contribution in [0, 0.1) is 13.8 Å². The minimum absolute atomic E-state index is 0.221. The quantitative estimate of drug-likeness (QED) is 0.798. The van der Waals surface area contributed by atoms with Gasteiger partial charge in [-0.25, -0.2) is 0 Å². The van der Waals surface area contributed by atoms with Gasteiger partial charge in [-0.3, -0.25) is 4.79 Å². The van der Waals surface area contributed by atoms with Crippen molar-refractivity contribution in [1.82, 2.24) is 4.90 Å². The molecule has 2 fully saturated rings. The lowest BCUT2D eigenvalue weighted by Gasteiger charge is -2.43. The van der Waals surface area contributed by atoms with Gasteiger partial charge in [0.2, 0.25) is 0 Å². The minimum Gasteiger partial charge on any atom is -0.380 e. The van der Waals surface area contributed by atoms with Gasteiger partial charge in [-0.1, -0.05) is 0 Å². The average Bonchev–Trinajstić information content (AvgIpc) is 2.76. The van der Waals surface area contributed by atoms with Gasteiger partial charge in [0.1, 0.15) is 0 Å². The van der Waals surface area contributed by atoms with Gasteiger partial charge in [0.15, 0.2) is 0 Å². The number of nitrogens with zero attached hydrogens (tertiary/aromatic N) is 1. The number of hydrogen-bond acceptors (Lipinski definition) is 4. The molecule has 0 N–H and O–H groups in total. The van der Waals surface area contributed by atoms with Crippen LogP contribution in [0.3, 0.4) is 0 Å². The predicted molar refractivity (Wildman–Crippen MR) is 80.3 cm³/mol. The lowest BCUT2D eigenvalue weighted by Crippen LogP contribution is -2.54. The van der Waals surface area contributed by atoms with E-state index in [4.69, 9.17) is 4.74 Å². The first-order chi connectivity index (χ1) is 9.16. The molecule has 19 heavy (non-hydrogen) atoms. The zero-order chi connectivity index (χ0) is 13.4. The van der Waals surface area contributed by atoms with Gasteiger partial charge in [-0.05, 0) is 26.3 Å². The van der Waals surface area contributed by atoms with Gasteiger partial charge >= 0.3 is 0 Å². The van der Waals surface area contributed by atoms with Crippen molar-refractivity contribution in [2.45, 2.75) is 31.6 Å². The van der Waals surface area contributed by atoms with Crippen molar-refractivity contribution in [3.05, 3.63) is 21.4 Å². The molecule has 1 aromatic heterocycles. The highest BCUT2D eigenvalue weighted by atomic mass is 32.2. The fourth-order valence-corrected chi connectivity index (χ4v) is 5.15. The summed E-state index contributed by atoms with van der Waals surface area (Å²) < 4.78 is 5.54. The van der Waals surface area contributed by atoms with E-state index in [0.29, 0.717) is 11.3 Å². The second-order valence-electron chi connectivity index (χ2n) is 5.17. The van der Waals surface area contributed by atoms with Crippen LogP contribution in [0.25, 0.3) is 0 Å². The Labute approximate surface area is 122 Å². The molecule has 104 valence electrons. The monoisotopic (exact) mass is 297 g/mol. The molecule has 2 saturated heterocycles. The van der Waals surface area contributed by atoms with Gasteiger partial charge in [0.25, 0.3) is 5.91 Å². The summed E-state index contributed by atoms with van der Waals surface area (Å²) in [6.07, 6.45) is 0.978. The summed E-state index contributed by atoms with van der Waals surface area (Å²) in [6, 6.07) is 2.40. The number of aryl methyl sites for hydroxylation is 2. The summed E-state index contributed by atoms with van der Waals surface area (Å²) >= 11 is 3.67. The third-order valence-corrected chi connectivity index (χ3v) is 6.13. The number of carbonyl (C=O) groups is 1. The molecule has 1 aromatic rings. The van der Waals surface area contributed by atoms with E-state index in [0.717, 1.165) is 42.4 Å². The SMILES string of the molecule is Cc1cc(C(=O)N2CCSC3COCCC32)c(C)s1. The Balaban J connectivity index is 1.83. The largest absolute Gasteiger partial charge is 0.380 e. The normalized spacial score (nSPS) is 27.2. The molecule has 2 aliphatic rings. The number of amides is 1. The number of thioether (sulfide) groups is 1. The van der Waals surface area contributed by atoms with Crippen LogP contribution in [0.4, 0.5) is 0 Å². The van der Waals surface area contributed by atoms with E-state index in [1.54, 1.807) is 11.3 Å². The summed E-state index contributed by atoms with van der Waals surface area (Å²) in [5.74, 6) is 1.25. The number of hydrogen-bond donors (Lipinski definition) is 0. The lowest BCUT2D eigenvalue weighted by molar-refractivity contribution is 0.0319. The zero-order valence-electron chi connectivity index (χ0n) is 11.3. The van der Waals surface area contributed by atoms with Crippen molar-refractivity contribution in [3.63, 3.8) is 0 Å². The van der Waals surface area contributed by atoms with Crippen molar-refractivity contribution in [1.29, 1.82) is 0 Å². The van der Waals surface area contributed by atoms with Crippen LogP contribution in [-0.2, 0) is 4.74 Å². The molecule has 5 heteroatoms. The summed E-state index contributed by atoms with van der Waals surface area (Å²) in [6.45, 7) is 6.57. The number of ether oxygens (including phenoxy) is 1. The second-order valence-corrected chi connectivity index (χ2v) is 7.97. The third-order valence-electron chi connectivity index (χ3n) is 3.87. The lowest BCUT2D eigenvalue weighted by atomic mass is 10.0. The summed E-state index contributed by atoms with van der Waals surface area (Å²) in [4.78, 5) is 17.2. The van der Waals surface area contributed by atoms with Crippen molar-refractivity contribution in [3.8, 4) is 0 Å². The van der Waals surface area contributed by atoms with E-state index >= 15 is 0 Å². The molecule has 1 amide bonds. The van der Waals surface area contributed by atoms with Crippen LogP contribution >= 0.6 is 23.1 Å². The predicted octanol–water partition coefficient (Wildman–Crippen LogP) is 2.71. The van der Waals surface area contributed by atoms with Crippen molar-refractivity contribution < 1.29 is 9.53 Å². The first-order valence-corrected chi connectivity index (χ1v) is 8.60. The van der Waals surface area contributed by atoms with Gasteiger partial charge in [0.05, 0.1) is 12.2 Å². The maximum absolute atomic E-state index is 12.8. The molecule has 2 aliphatic heterocycles. The molecule has 3 nitrogen and oxygen atoms in total. The molecule has 2 unspecified atom stereocenters. The smallest absolute Gasteiger partial charge is 0.255 e. The van der Waals surface area contributed by atoms with Crippen molar-refractivity contribution in [2.24, 2.45) is 0 Å². The number of rotatable bonds is 1. The number of fused-ring (bicyclic) bond motifs is 1. The van der Waals surface area contributed by atoms with Crippen LogP contribution in [-0.4, -0.2) is 47.6 Å². The molecule has 0 aromatic carbocycles. The van der Waals surface area contributed by atoms with E-state index in [1.807, 2.05) is 24.8 Å². The maximum atomic E-state index is 12.8. The topological polar surface area (TPSA) is 29.5 Å². The molecule has 0 bridgehead atoms. The Bertz CT molecular complexity index is 484. The molecule has 3 rings (SSSR count). The first-order valence-electron chi connectivity index (χ1n) is 6.74. The Hall–Kier alpha value is -0.520. The fourth-order valence-electron chi connectivity index (χ4n) is 2.93. The van der Waals surface area contributed by atoms with E-state index in [2.05, 4.69) is 11.8 Å². The van der Waals surface area contributed by atoms with Crippen LogP contribution in [0.5, 0.6) is 0 Å². The van der Waals surface area contributed by atoms with E-state index in [9.17, 15) is 4.79 Å². The van der Waals surface area contributed by atoms with Gasteiger partial charge < -0.3 is 9.64 Å². The van der Waals surface area contributed by atoms with Gasteiger partial charge in [-0.15, -0.1) is 11.3 Å². The zero-order valence-corrected chi connectivity index (χ0v) is 13.0. The molecule has 0 radical (unpaired) electrons. The number of thiophene rings is 1. The maximum Gasteiger partial charge on any atom is 0.255 e. The Morgan fingerprint density at radius 2 is 2.32 bits per heavy atom. The van der Waals surface area contributed by atoms with Crippen LogP contribution < -0.4 is 0 Å². The van der Waals surface area contributed by atoms with E-state index in [1.165, 1.54) is 4.88 Å². The van der Waals surface area contributed by atoms with Crippen LogP contribution in [0.15, 0.2) is 6.07 Å². The molecular weight excluding hydrogens is 278 g/mol. The van der Waals surface area contributed by atoms with Gasteiger partial charge in [-0.2, -0.15) is 11.8 Å². The molecule has 0 aliphatic carbocycles. The third kappa shape index (κ3) is 2.56. The highest BCUT2D eigenvalue weighted by Gasteiger charge is 2.37. The fraction of sp³-hybridized carbons (Fsp3) is 0.643. The van der Waals surface area contributed by atoms with E-state index in [-0.39, 0.29) is 5.91 Å². The van der Waals surface area contributed by atoms with Crippen LogP contribution in [0.1, 0.15) is 26.5 Å². The van der Waals surface area contributed by atoms with Crippen molar-refractivity contribution >= 4 is 29.0 Å². The first kappa shape index (κ1) is 13.5. The highest BCUT2D eigenvalue weighted by molar-refractivity contribution is 8.00. The molecular formula is C14H19NO2S2. The molecule has 2 atom stereocenters. The molecule has 0 spiro atoms. The standard InChI is InChI=1S/C14H19NO2S2/c1-9-7-11(10(2)19-9)14(16)15-4-6-18-13-8-17-5-3-12(13)15/h7,12-13H,3-6,8H2,1-2H3. The second kappa shape index (κ2) is 5.46.